The van der Waals surface area contributed by atoms with Crippen molar-refractivity contribution in [2.24, 2.45) is 23.5 Å². The van der Waals surface area contributed by atoms with Gasteiger partial charge in [0.05, 0.1) is 17.8 Å². The van der Waals surface area contributed by atoms with Crippen LogP contribution in [0.15, 0.2) is 42.0 Å². The Bertz CT molecular complexity index is 1460. The summed E-state index contributed by atoms with van der Waals surface area (Å²) in [6.07, 6.45) is -2.79. The normalized spacial score (nSPS) is 31.9. The zero-order valence-corrected chi connectivity index (χ0v) is 21.1. The van der Waals surface area contributed by atoms with Gasteiger partial charge in [-0.15, -0.1) is 0 Å². The second kappa shape index (κ2) is 9.09. The summed E-state index contributed by atoms with van der Waals surface area (Å²) in [4.78, 5) is 52.2. The molecule has 2 fully saturated rings. The lowest BCUT2D eigenvalue weighted by molar-refractivity contribution is -0.198. The molecule has 7 atom stereocenters. The van der Waals surface area contributed by atoms with Crippen molar-refractivity contribution in [1.29, 1.82) is 0 Å². The first-order valence-corrected chi connectivity index (χ1v) is 12.3. The Labute approximate surface area is 222 Å². The minimum Gasteiger partial charge on any atom is -0.507 e. The number of carbonyl (C=O) groups excluding carboxylic acids is 4. The van der Waals surface area contributed by atoms with Gasteiger partial charge in [0.25, 0.3) is 0 Å². The van der Waals surface area contributed by atoms with E-state index in [9.17, 15) is 44.7 Å². The Balaban J connectivity index is 1.75. The predicted molar refractivity (Wildman–Crippen MR) is 136 cm³/mol. The van der Waals surface area contributed by atoms with Gasteiger partial charge in [0, 0.05) is 29.0 Å². The number of carbonyl (C=O) groups is 4. The van der Waals surface area contributed by atoms with E-state index in [1.807, 2.05) is 0 Å². The molecule has 5 rings (SSSR count). The Morgan fingerprint density at radius 3 is 2.41 bits per heavy atom. The molecule has 2 saturated carbocycles. The molecule has 0 saturated heterocycles. The average Bonchev–Trinajstić information content (AvgIpc) is 2.88. The van der Waals surface area contributed by atoms with E-state index in [0.29, 0.717) is 28.5 Å². The number of aldehydes is 1. The van der Waals surface area contributed by atoms with E-state index in [-0.39, 0.29) is 17.7 Å². The van der Waals surface area contributed by atoms with E-state index in [1.165, 1.54) is 25.1 Å². The van der Waals surface area contributed by atoms with Crippen LogP contribution in [0.25, 0.3) is 16.9 Å². The molecule has 7 N–H and O–H groups in total. The number of fused-ring (bicyclic) bond motifs is 3. The fourth-order valence-corrected chi connectivity index (χ4v) is 6.67. The van der Waals surface area contributed by atoms with Crippen LogP contribution in [-0.2, 0) is 20.8 Å². The number of nitrogens with zero attached hydrogens (tertiary/aromatic N) is 1. The van der Waals surface area contributed by atoms with Gasteiger partial charge in [0.2, 0.25) is 11.7 Å². The Kier molecular flexibility index (Phi) is 6.22. The molecule has 1 amide bonds. The van der Waals surface area contributed by atoms with Crippen molar-refractivity contribution in [1.82, 2.24) is 4.90 Å². The lowest BCUT2D eigenvalue weighted by atomic mass is 9.53. The lowest BCUT2D eigenvalue weighted by Crippen LogP contribution is -2.76. The highest BCUT2D eigenvalue weighted by atomic mass is 16.3. The summed E-state index contributed by atoms with van der Waals surface area (Å²) in [5, 5.41) is 56.3. The number of aliphatic hydroxyl groups excluding tert-OH is 3. The molecule has 0 bridgehead atoms. The molecular weight excluding hydrogens is 508 g/mol. The van der Waals surface area contributed by atoms with Crippen molar-refractivity contribution in [2.45, 2.75) is 30.3 Å². The van der Waals surface area contributed by atoms with Gasteiger partial charge in [-0.3, -0.25) is 19.2 Å². The van der Waals surface area contributed by atoms with Gasteiger partial charge in [-0.1, -0.05) is 24.3 Å². The van der Waals surface area contributed by atoms with Crippen LogP contribution < -0.4 is 5.73 Å². The van der Waals surface area contributed by atoms with E-state index in [0.717, 1.165) is 0 Å². The smallest absolute Gasteiger partial charge is 0.230 e. The molecule has 11 heteroatoms. The van der Waals surface area contributed by atoms with Crippen molar-refractivity contribution in [3.05, 3.63) is 58.7 Å². The van der Waals surface area contributed by atoms with Crippen LogP contribution in [-0.4, -0.2) is 92.1 Å². The summed E-state index contributed by atoms with van der Waals surface area (Å²) in [6.45, 7) is 0. The molecule has 2 aromatic carbocycles. The van der Waals surface area contributed by atoms with Gasteiger partial charge in [-0.25, -0.2) is 0 Å². The molecule has 0 radical (unpaired) electrons. The first-order chi connectivity index (χ1) is 18.4. The molecule has 39 heavy (non-hydrogen) atoms. The van der Waals surface area contributed by atoms with Gasteiger partial charge < -0.3 is 36.2 Å². The monoisotopic (exact) mass is 536 g/mol. The lowest BCUT2D eigenvalue weighted by Gasteiger charge is -2.55. The van der Waals surface area contributed by atoms with Gasteiger partial charge in [-0.2, -0.15) is 0 Å². The molecular formula is C28H28N2O9. The summed E-state index contributed by atoms with van der Waals surface area (Å²) in [7, 11) is 2.99. The largest absolute Gasteiger partial charge is 0.507 e. The van der Waals surface area contributed by atoms with E-state index >= 15 is 0 Å². The van der Waals surface area contributed by atoms with Crippen molar-refractivity contribution >= 4 is 29.5 Å². The number of aliphatic hydroxyl groups is 4. The minimum absolute atomic E-state index is 0.0903. The van der Waals surface area contributed by atoms with Gasteiger partial charge >= 0.3 is 0 Å². The third-order valence-corrected chi connectivity index (χ3v) is 8.39. The third kappa shape index (κ3) is 3.58. The van der Waals surface area contributed by atoms with E-state index in [1.54, 1.807) is 30.3 Å². The third-order valence-electron chi connectivity index (χ3n) is 8.39. The second-order valence-electron chi connectivity index (χ2n) is 10.6. The van der Waals surface area contributed by atoms with Crippen molar-refractivity contribution in [2.75, 3.05) is 14.1 Å². The number of amides is 1. The molecule has 2 aromatic rings. The highest BCUT2D eigenvalue weighted by Gasteiger charge is 2.70. The van der Waals surface area contributed by atoms with Crippen LogP contribution in [0.3, 0.4) is 0 Å². The number of primary amides is 1. The Hall–Kier alpha value is -3.90. The number of likely N-dealkylation sites (N-methyl/N-ethyl adjacent to an activating group) is 1. The molecule has 11 nitrogen and oxygen atoms in total. The highest BCUT2D eigenvalue weighted by Crippen LogP contribution is 2.53. The maximum absolute atomic E-state index is 13.9. The zero-order valence-electron chi connectivity index (χ0n) is 21.1. The Morgan fingerprint density at radius 2 is 1.79 bits per heavy atom. The van der Waals surface area contributed by atoms with E-state index in [2.05, 4.69) is 0 Å². The highest BCUT2D eigenvalue weighted by molar-refractivity contribution is 6.25. The first kappa shape index (κ1) is 26.7. The quantitative estimate of drug-likeness (QED) is 0.220. The topological polar surface area (TPSA) is 199 Å². The number of rotatable bonds is 4. The number of benzene rings is 2. The van der Waals surface area contributed by atoms with Gasteiger partial charge in [0.1, 0.15) is 23.7 Å². The predicted octanol–water partition coefficient (Wildman–Crippen LogP) is -0.421. The fourth-order valence-electron chi connectivity index (χ4n) is 6.67. The number of nitrogens with two attached hydrogens (primary N) is 1. The van der Waals surface area contributed by atoms with Crippen LogP contribution in [0.1, 0.15) is 21.5 Å². The van der Waals surface area contributed by atoms with Crippen molar-refractivity contribution in [3.63, 3.8) is 0 Å². The number of Topliss-reactive ketones (excluding diaryl/α,β-unsaturated/α-hetero) is 2. The van der Waals surface area contributed by atoms with Crippen LogP contribution in [0.5, 0.6) is 5.75 Å². The maximum atomic E-state index is 13.9. The standard InChI is InChI=1S/C28H28N2O9/c1-30(2)21-20-22(33)15-9-14-13(12-5-3-4-11(8-12)10-31)6-7-16(32)17(14)23(34)18(15)25(36)28(20,39)26(37)19(24(21)35)27(29)38/h3-8,10,15,19-22,24,32-35,39H,9H2,1-2H3,(H2,29,38)/t15-,19?,20-,21+,22+,24?,28+/m0/s1. The SMILES string of the molecule is CN(C)[C@H]1C(O)C(C(N)=O)C(=O)[C@]2(O)C(=O)C3=C(O)c4c(O)ccc(-c5cccc(C=O)c5)c4C[C@@H]3[C@@H](O)[C@H]12. The maximum Gasteiger partial charge on any atom is 0.230 e. The molecule has 2 unspecified atom stereocenters. The Morgan fingerprint density at radius 1 is 1.10 bits per heavy atom. The minimum atomic E-state index is -2.98. The summed E-state index contributed by atoms with van der Waals surface area (Å²) >= 11 is 0. The number of aromatic hydroxyl groups is 1. The van der Waals surface area contributed by atoms with Crippen LogP contribution >= 0.6 is 0 Å². The molecule has 3 aliphatic rings. The number of phenols is 1. The summed E-state index contributed by atoms with van der Waals surface area (Å²) in [6, 6.07) is 8.24. The van der Waals surface area contributed by atoms with E-state index < -0.39 is 70.4 Å². The van der Waals surface area contributed by atoms with Gasteiger partial charge in [0.15, 0.2) is 11.4 Å². The molecule has 0 aromatic heterocycles. The molecule has 3 aliphatic carbocycles. The van der Waals surface area contributed by atoms with E-state index in [4.69, 9.17) is 5.73 Å². The first-order valence-electron chi connectivity index (χ1n) is 12.3. The van der Waals surface area contributed by atoms with Crippen molar-refractivity contribution < 1.29 is 44.7 Å². The number of hydrogen-bond donors (Lipinski definition) is 6. The molecule has 0 spiro atoms. The summed E-state index contributed by atoms with van der Waals surface area (Å²) in [5.41, 5.74) is 3.68. The molecule has 0 heterocycles. The molecule has 204 valence electrons. The number of ketones is 2. The van der Waals surface area contributed by atoms with Crippen LogP contribution in [0.4, 0.5) is 0 Å². The van der Waals surface area contributed by atoms with Crippen LogP contribution in [0, 0.1) is 17.8 Å². The van der Waals surface area contributed by atoms with Gasteiger partial charge in [-0.05, 0) is 49.3 Å². The second-order valence-corrected chi connectivity index (χ2v) is 10.6. The zero-order chi connectivity index (χ0) is 28.5. The number of phenolic OH excluding ortho intramolecular Hbond substituents is 1. The molecule has 0 aliphatic heterocycles. The summed E-state index contributed by atoms with van der Waals surface area (Å²) < 4.78 is 0. The fraction of sp³-hybridized carbons (Fsp3) is 0.357. The summed E-state index contributed by atoms with van der Waals surface area (Å²) in [5.74, 6) is -9.59. The number of hydrogen-bond acceptors (Lipinski definition) is 10. The average molecular weight is 537 g/mol. The van der Waals surface area contributed by atoms with Crippen LogP contribution in [0.2, 0.25) is 0 Å². The van der Waals surface area contributed by atoms with Crippen molar-refractivity contribution in [3.8, 4) is 16.9 Å².